The van der Waals surface area contributed by atoms with E-state index in [1.54, 1.807) is 0 Å². The number of hydrogen-bond donors (Lipinski definition) is 2. The molecule has 1 amide bonds. The molecule has 2 rings (SSSR count). The van der Waals surface area contributed by atoms with Crippen LogP contribution in [0, 0.1) is 5.41 Å². The third-order valence-electron chi connectivity index (χ3n) is 3.55. The highest BCUT2D eigenvalue weighted by Gasteiger charge is 2.37. The molecule has 0 saturated heterocycles. The van der Waals surface area contributed by atoms with Crippen LogP contribution in [-0.2, 0) is 4.79 Å². The third kappa shape index (κ3) is 3.72. The van der Waals surface area contributed by atoms with E-state index in [1.165, 1.54) is 12.8 Å². The van der Waals surface area contributed by atoms with Gasteiger partial charge in [-0.25, -0.2) is 0 Å². The predicted molar refractivity (Wildman–Crippen MR) is 75.8 cm³/mol. The number of rotatable bonds is 5. The summed E-state index contributed by atoms with van der Waals surface area (Å²) >= 11 is 0. The van der Waals surface area contributed by atoms with Gasteiger partial charge in [0.25, 0.3) is 0 Å². The van der Waals surface area contributed by atoms with Gasteiger partial charge < -0.3 is 11.1 Å². The Morgan fingerprint density at radius 1 is 1.39 bits per heavy atom. The summed E-state index contributed by atoms with van der Waals surface area (Å²) in [6, 6.07) is 9.73. The smallest absolute Gasteiger partial charge is 0.228 e. The van der Waals surface area contributed by atoms with Gasteiger partial charge in [-0.1, -0.05) is 37.3 Å². The van der Waals surface area contributed by atoms with Crippen molar-refractivity contribution >= 4 is 18.3 Å². The van der Waals surface area contributed by atoms with E-state index in [4.69, 9.17) is 5.73 Å². The lowest BCUT2D eigenvalue weighted by Crippen LogP contribution is -2.36. The maximum Gasteiger partial charge on any atom is 0.228 e. The van der Waals surface area contributed by atoms with E-state index in [2.05, 4.69) is 12.2 Å². The summed E-state index contributed by atoms with van der Waals surface area (Å²) in [5.41, 5.74) is 7.03. The zero-order valence-electron chi connectivity index (χ0n) is 10.7. The summed E-state index contributed by atoms with van der Waals surface area (Å²) in [5.74, 6) is -0.176. The number of carbonyl (C=O) groups is 1. The van der Waals surface area contributed by atoms with Crippen LogP contribution in [0.4, 0.5) is 0 Å². The van der Waals surface area contributed by atoms with E-state index in [0.29, 0.717) is 12.0 Å². The molecule has 0 radical (unpaired) electrons. The molecule has 0 bridgehead atoms. The molecule has 1 saturated carbocycles. The quantitative estimate of drug-likeness (QED) is 0.859. The zero-order valence-corrected chi connectivity index (χ0v) is 11.5. The second-order valence-electron chi connectivity index (χ2n) is 5.23. The van der Waals surface area contributed by atoms with Crippen molar-refractivity contribution < 1.29 is 4.79 Å². The van der Waals surface area contributed by atoms with E-state index in [1.807, 2.05) is 30.3 Å². The fraction of sp³-hybridized carbons (Fsp3) is 0.500. The minimum atomic E-state index is -0.224. The first-order valence-electron chi connectivity index (χ1n) is 6.17. The van der Waals surface area contributed by atoms with Crippen LogP contribution >= 0.6 is 12.4 Å². The molecule has 1 unspecified atom stereocenters. The van der Waals surface area contributed by atoms with Crippen molar-refractivity contribution in [1.82, 2.24) is 5.32 Å². The van der Waals surface area contributed by atoms with Crippen molar-refractivity contribution in [3.05, 3.63) is 35.9 Å². The topological polar surface area (TPSA) is 55.1 Å². The molecule has 1 aromatic carbocycles. The lowest BCUT2D eigenvalue weighted by atomic mass is 9.98. The highest BCUT2D eigenvalue weighted by Crippen LogP contribution is 2.44. The number of carbonyl (C=O) groups excluding carboxylic acids is 1. The fourth-order valence-electron chi connectivity index (χ4n) is 1.89. The summed E-state index contributed by atoms with van der Waals surface area (Å²) in [6.45, 7) is 3.33. The zero-order chi connectivity index (χ0) is 12.3. The Hall–Kier alpha value is -1.06. The van der Waals surface area contributed by atoms with E-state index in [0.717, 1.165) is 12.1 Å². The highest BCUT2D eigenvalue weighted by atomic mass is 35.5. The highest BCUT2D eigenvalue weighted by molar-refractivity contribution is 5.85. The molecule has 0 heterocycles. The number of benzene rings is 1. The minimum absolute atomic E-state index is 0. The Kier molecular flexibility index (Phi) is 5.17. The van der Waals surface area contributed by atoms with Crippen LogP contribution in [0.1, 0.15) is 31.2 Å². The van der Waals surface area contributed by atoms with Crippen molar-refractivity contribution in [1.29, 1.82) is 0 Å². The molecule has 18 heavy (non-hydrogen) atoms. The van der Waals surface area contributed by atoms with Crippen LogP contribution in [0.15, 0.2) is 30.3 Å². The van der Waals surface area contributed by atoms with Crippen molar-refractivity contribution in [3.63, 3.8) is 0 Å². The van der Waals surface area contributed by atoms with E-state index >= 15 is 0 Å². The van der Waals surface area contributed by atoms with Crippen LogP contribution in [0.2, 0.25) is 0 Å². The van der Waals surface area contributed by atoms with Crippen LogP contribution < -0.4 is 11.1 Å². The summed E-state index contributed by atoms with van der Waals surface area (Å²) in [4.78, 5) is 12.1. The second kappa shape index (κ2) is 6.21. The van der Waals surface area contributed by atoms with Crippen LogP contribution in [-0.4, -0.2) is 19.0 Å². The second-order valence-corrected chi connectivity index (χ2v) is 5.23. The molecule has 4 heteroatoms. The monoisotopic (exact) mass is 268 g/mol. The van der Waals surface area contributed by atoms with Gasteiger partial charge in [0.2, 0.25) is 5.91 Å². The largest absolute Gasteiger partial charge is 0.355 e. The van der Waals surface area contributed by atoms with Crippen molar-refractivity contribution in [2.24, 2.45) is 11.1 Å². The molecular formula is C14H21ClN2O. The molecule has 3 N–H and O–H groups in total. The molecule has 0 aliphatic heterocycles. The van der Waals surface area contributed by atoms with Gasteiger partial charge in [-0.05, 0) is 23.8 Å². The van der Waals surface area contributed by atoms with Gasteiger partial charge in [-0.3, -0.25) is 4.79 Å². The Morgan fingerprint density at radius 2 is 2.00 bits per heavy atom. The Balaban J connectivity index is 0.00000162. The summed E-state index contributed by atoms with van der Waals surface area (Å²) in [6.07, 6.45) is 2.43. The average Bonchev–Trinajstić information content (AvgIpc) is 3.08. The molecular weight excluding hydrogens is 248 g/mol. The normalized spacial score (nSPS) is 17.4. The summed E-state index contributed by atoms with van der Waals surface area (Å²) < 4.78 is 0. The molecule has 1 aliphatic carbocycles. The lowest BCUT2D eigenvalue weighted by molar-refractivity contribution is -0.122. The molecule has 100 valence electrons. The summed E-state index contributed by atoms with van der Waals surface area (Å²) in [5, 5.41) is 3.02. The summed E-state index contributed by atoms with van der Waals surface area (Å²) in [7, 11) is 0. The van der Waals surface area contributed by atoms with Crippen LogP contribution in [0.25, 0.3) is 0 Å². The minimum Gasteiger partial charge on any atom is -0.355 e. The van der Waals surface area contributed by atoms with Gasteiger partial charge in [0.15, 0.2) is 0 Å². The average molecular weight is 269 g/mol. The Morgan fingerprint density at radius 3 is 2.50 bits per heavy atom. The Bertz CT molecular complexity index is 390. The first-order valence-corrected chi connectivity index (χ1v) is 6.17. The molecule has 1 aromatic rings. The fourth-order valence-corrected chi connectivity index (χ4v) is 1.89. The standard InChI is InChI=1S/C14H20N2O.ClH/c1-14(7-8-14)10-16-13(17)12(9-15)11-5-3-2-4-6-11;/h2-6,12H,7-10,15H2,1H3,(H,16,17);1H. The molecule has 0 spiro atoms. The SMILES string of the molecule is CC1(CNC(=O)C(CN)c2ccccc2)CC1.Cl. The number of nitrogens with one attached hydrogen (secondary N) is 1. The van der Waals surface area contributed by atoms with Gasteiger partial charge in [0, 0.05) is 13.1 Å². The van der Waals surface area contributed by atoms with Crippen molar-refractivity contribution in [2.45, 2.75) is 25.7 Å². The maximum atomic E-state index is 12.1. The first-order chi connectivity index (χ1) is 8.14. The first kappa shape index (κ1) is 15.0. The number of hydrogen-bond acceptors (Lipinski definition) is 2. The molecule has 3 nitrogen and oxygen atoms in total. The third-order valence-corrected chi connectivity index (χ3v) is 3.55. The number of halogens is 1. The van der Waals surface area contributed by atoms with Crippen LogP contribution in [0.5, 0.6) is 0 Å². The van der Waals surface area contributed by atoms with E-state index in [9.17, 15) is 4.79 Å². The predicted octanol–water partition coefficient (Wildman–Crippen LogP) is 2.07. The van der Waals surface area contributed by atoms with Gasteiger partial charge in [-0.2, -0.15) is 0 Å². The van der Waals surface area contributed by atoms with Gasteiger partial charge in [0.05, 0.1) is 5.92 Å². The molecule has 1 aliphatic rings. The molecule has 0 aromatic heterocycles. The molecule has 1 atom stereocenters. The lowest BCUT2D eigenvalue weighted by Gasteiger charge is -2.17. The molecule has 1 fully saturated rings. The van der Waals surface area contributed by atoms with E-state index in [-0.39, 0.29) is 24.2 Å². The van der Waals surface area contributed by atoms with Gasteiger partial charge >= 0.3 is 0 Å². The van der Waals surface area contributed by atoms with Gasteiger partial charge in [0.1, 0.15) is 0 Å². The van der Waals surface area contributed by atoms with Crippen LogP contribution in [0.3, 0.4) is 0 Å². The number of nitrogens with two attached hydrogens (primary N) is 1. The maximum absolute atomic E-state index is 12.1. The number of amides is 1. The van der Waals surface area contributed by atoms with Gasteiger partial charge in [-0.15, -0.1) is 12.4 Å². The van der Waals surface area contributed by atoms with Crippen molar-refractivity contribution in [2.75, 3.05) is 13.1 Å². The van der Waals surface area contributed by atoms with Crippen molar-refractivity contribution in [3.8, 4) is 0 Å². The Labute approximate surface area is 115 Å². The van der Waals surface area contributed by atoms with E-state index < -0.39 is 0 Å².